The van der Waals surface area contributed by atoms with Crippen molar-refractivity contribution in [2.24, 2.45) is 5.92 Å². The van der Waals surface area contributed by atoms with Gasteiger partial charge < -0.3 is 10.0 Å². The molecule has 0 aliphatic heterocycles. The van der Waals surface area contributed by atoms with Crippen LogP contribution in [-0.4, -0.2) is 28.6 Å². The SMILES string of the molecule is CCC(CC)N(CC(C)C)c1nc(C2CC2)c(C(=O)O)s1. The van der Waals surface area contributed by atoms with Crippen LogP contribution in [0.4, 0.5) is 5.13 Å². The van der Waals surface area contributed by atoms with Crippen molar-refractivity contribution in [1.82, 2.24) is 4.98 Å². The molecule has 1 aliphatic carbocycles. The Hall–Kier alpha value is -1.10. The fourth-order valence-electron chi connectivity index (χ4n) is 2.74. The molecular weight excluding hydrogens is 284 g/mol. The first-order valence-electron chi connectivity index (χ1n) is 7.98. The minimum atomic E-state index is -0.824. The summed E-state index contributed by atoms with van der Waals surface area (Å²) in [6.45, 7) is 9.71. The van der Waals surface area contributed by atoms with Crippen LogP contribution in [0, 0.1) is 5.92 Å². The largest absolute Gasteiger partial charge is 0.477 e. The molecule has 118 valence electrons. The van der Waals surface area contributed by atoms with Gasteiger partial charge in [-0.2, -0.15) is 0 Å². The minimum Gasteiger partial charge on any atom is -0.477 e. The molecule has 1 aliphatic rings. The molecule has 4 nitrogen and oxygen atoms in total. The van der Waals surface area contributed by atoms with E-state index in [0.29, 0.717) is 22.8 Å². The molecule has 0 bridgehead atoms. The second-order valence-corrected chi connectivity index (χ2v) is 7.28. The number of nitrogens with zero attached hydrogens (tertiary/aromatic N) is 2. The summed E-state index contributed by atoms with van der Waals surface area (Å²) >= 11 is 1.36. The van der Waals surface area contributed by atoms with Crippen LogP contribution < -0.4 is 4.90 Å². The van der Waals surface area contributed by atoms with E-state index in [4.69, 9.17) is 4.98 Å². The number of rotatable bonds is 8. The molecule has 0 amide bonds. The van der Waals surface area contributed by atoms with Crippen molar-refractivity contribution in [2.75, 3.05) is 11.4 Å². The van der Waals surface area contributed by atoms with Crippen molar-refractivity contribution in [2.45, 2.75) is 65.3 Å². The van der Waals surface area contributed by atoms with E-state index in [1.807, 2.05) is 0 Å². The maximum atomic E-state index is 11.5. The average molecular weight is 310 g/mol. The lowest BCUT2D eigenvalue weighted by Crippen LogP contribution is -2.37. The van der Waals surface area contributed by atoms with Crippen LogP contribution in [0.1, 0.15) is 74.7 Å². The molecule has 0 spiro atoms. The van der Waals surface area contributed by atoms with E-state index in [-0.39, 0.29) is 0 Å². The van der Waals surface area contributed by atoms with E-state index in [1.165, 1.54) is 11.3 Å². The summed E-state index contributed by atoms with van der Waals surface area (Å²) in [5.74, 6) is 0.0885. The monoisotopic (exact) mass is 310 g/mol. The van der Waals surface area contributed by atoms with E-state index in [1.54, 1.807) is 0 Å². The lowest BCUT2D eigenvalue weighted by molar-refractivity contribution is 0.0700. The number of aromatic nitrogens is 1. The Morgan fingerprint density at radius 3 is 2.43 bits per heavy atom. The number of hydrogen-bond acceptors (Lipinski definition) is 4. The Balaban J connectivity index is 2.34. The summed E-state index contributed by atoms with van der Waals surface area (Å²) < 4.78 is 0. The number of carboxylic acids is 1. The Labute approximate surface area is 131 Å². The van der Waals surface area contributed by atoms with E-state index in [2.05, 4.69) is 32.6 Å². The van der Waals surface area contributed by atoms with E-state index in [9.17, 15) is 9.90 Å². The molecule has 1 aromatic heterocycles. The van der Waals surface area contributed by atoms with Gasteiger partial charge in [-0.3, -0.25) is 0 Å². The molecule has 1 N–H and O–H groups in total. The molecule has 1 fully saturated rings. The van der Waals surface area contributed by atoms with Crippen LogP contribution in [0.2, 0.25) is 0 Å². The van der Waals surface area contributed by atoms with Gasteiger partial charge in [0.15, 0.2) is 5.13 Å². The van der Waals surface area contributed by atoms with Crippen LogP contribution in [0.5, 0.6) is 0 Å². The van der Waals surface area contributed by atoms with Gasteiger partial charge in [0.1, 0.15) is 4.88 Å². The van der Waals surface area contributed by atoms with Gasteiger partial charge in [0.25, 0.3) is 0 Å². The predicted octanol–water partition coefficient (Wildman–Crippen LogP) is 4.37. The third kappa shape index (κ3) is 3.76. The third-order valence-corrected chi connectivity index (χ3v) is 5.09. The zero-order valence-electron chi connectivity index (χ0n) is 13.4. The molecule has 2 rings (SSSR count). The van der Waals surface area contributed by atoms with Gasteiger partial charge in [0.05, 0.1) is 5.69 Å². The minimum absolute atomic E-state index is 0.378. The molecule has 0 unspecified atom stereocenters. The highest BCUT2D eigenvalue weighted by Crippen LogP contribution is 2.44. The normalized spacial score (nSPS) is 15.0. The van der Waals surface area contributed by atoms with Gasteiger partial charge in [-0.15, -0.1) is 0 Å². The van der Waals surface area contributed by atoms with Gasteiger partial charge in [-0.1, -0.05) is 39.0 Å². The number of anilines is 1. The molecule has 0 atom stereocenters. The Morgan fingerprint density at radius 1 is 1.38 bits per heavy atom. The first-order chi connectivity index (χ1) is 9.97. The zero-order valence-corrected chi connectivity index (χ0v) is 14.2. The second-order valence-electron chi connectivity index (χ2n) is 6.31. The highest BCUT2D eigenvalue weighted by atomic mass is 32.1. The summed E-state index contributed by atoms with van der Waals surface area (Å²) in [4.78, 5) is 19.0. The average Bonchev–Trinajstić information content (AvgIpc) is 3.17. The van der Waals surface area contributed by atoms with Gasteiger partial charge >= 0.3 is 5.97 Å². The summed E-state index contributed by atoms with van der Waals surface area (Å²) in [6.07, 6.45) is 4.28. The van der Waals surface area contributed by atoms with Gasteiger partial charge in [0.2, 0.25) is 0 Å². The van der Waals surface area contributed by atoms with Crippen LogP contribution >= 0.6 is 11.3 Å². The Bertz CT molecular complexity index is 490. The lowest BCUT2D eigenvalue weighted by Gasteiger charge is -2.31. The Morgan fingerprint density at radius 2 is 2.00 bits per heavy atom. The molecule has 0 radical (unpaired) electrons. The van der Waals surface area contributed by atoms with E-state index < -0.39 is 5.97 Å². The van der Waals surface area contributed by atoms with Crippen LogP contribution in [0.25, 0.3) is 0 Å². The van der Waals surface area contributed by atoms with Crippen LogP contribution in [0.15, 0.2) is 0 Å². The molecule has 1 heterocycles. The van der Waals surface area contributed by atoms with Crippen molar-refractivity contribution in [1.29, 1.82) is 0 Å². The standard InChI is InChI=1S/C16H26N2O2S/c1-5-12(6-2)18(9-10(3)4)16-17-13(11-7-8-11)14(21-16)15(19)20/h10-12H,5-9H2,1-4H3,(H,19,20). The maximum Gasteiger partial charge on any atom is 0.347 e. The first kappa shape index (κ1) is 16.3. The number of thiazole rings is 1. The molecule has 1 aromatic rings. The molecule has 0 aromatic carbocycles. The topological polar surface area (TPSA) is 53.4 Å². The van der Waals surface area contributed by atoms with Crippen molar-refractivity contribution >= 4 is 22.4 Å². The molecule has 5 heteroatoms. The van der Waals surface area contributed by atoms with E-state index in [0.717, 1.165) is 43.1 Å². The Kier molecular flexibility index (Phi) is 5.25. The number of carbonyl (C=O) groups is 1. The zero-order chi connectivity index (χ0) is 15.6. The summed E-state index contributed by atoms with van der Waals surface area (Å²) in [6, 6.07) is 0.437. The van der Waals surface area contributed by atoms with Gasteiger partial charge in [0, 0.05) is 18.5 Å². The fraction of sp³-hybridized carbons (Fsp3) is 0.750. The molecular formula is C16H26N2O2S. The lowest BCUT2D eigenvalue weighted by atomic mass is 10.1. The maximum absolute atomic E-state index is 11.5. The van der Waals surface area contributed by atoms with Crippen LogP contribution in [0.3, 0.4) is 0 Å². The van der Waals surface area contributed by atoms with Crippen molar-refractivity contribution in [3.8, 4) is 0 Å². The summed E-state index contributed by atoms with van der Waals surface area (Å²) in [7, 11) is 0. The molecule has 21 heavy (non-hydrogen) atoms. The molecule has 1 saturated carbocycles. The van der Waals surface area contributed by atoms with Crippen molar-refractivity contribution in [3.05, 3.63) is 10.6 Å². The first-order valence-corrected chi connectivity index (χ1v) is 8.80. The van der Waals surface area contributed by atoms with Crippen molar-refractivity contribution in [3.63, 3.8) is 0 Å². The smallest absolute Gasteiger partial charge is 0.347 e. The highest BCUT2D eigenvalue weighted by Gasteiger charge is 2.33. The number of aromatic carboxylic acids is 1. The number of hydrogen-bond donors (Lipinski definition) is 1. The summed E-state index contributed by atoms with van der Waals surface area (Å²) in [5, 5.41) is 10.3. The predicted molar refractivity (Wildman–Crippen MR) is 87.6 cm³/mol. The van der Waals surface area contributed by atoms with Gasteiger partial charge in [-0.05, 0) is 31.6 Å². The third-order valence-electron chi connectivity index (χ3n) is 3.99. The fourth-order valence-corrected chi connectivity index (χ4v) is 3.81. The quantitative estimate of drug-likeness (QED) is 0.774. The van der Waals surface area contributed by atoms with Crippen LogP contribution in [-0.2, 0) is 0 Å². The second kappa shape index (κ2) is 6.77. The number of carboxylic acid groups (broad SMARTS) is 1. The van der Waals surface area contributed by atoms with E-state index >= 15 is 0 Å². The van der Waals surface area contributed by atoms with Crippen molar-refractivity contribution < 1.29 is 9.90 Å². The molecule has 0 saturated heterocycles. The highest BCUT2D eigenvalue weighted by molar-refractivity contribution is 7.17. The summed E-state index contributed by atoms with van der Waals surface area (Å²) in [5.41, 5.74) is 0.821. The van der Waals surface area contributed by atoms with Gasteiger partial charge in [-0.25, -0.2) is 9.78 Å².